The van der Waals surface area contributed by atoms with Crippen molar-refractivity contribution < 1.29 is 14.8 Å². The van der Waals surface area contributed by atoms with Crippen LogP contribution in [0.2, 0.25) is 0 Å². The number of aromatic carboxylic acids is 1. The van der Waals surface area contributed by atoms with E-state index in [1.54, 1.807) is 0 Å². The molecule has 1 fully saturated rings. The topological polar surface area (TPSA) is 96.6 Å². The number of carbonyl (C=O) groups is 1. The zero-order valence-corrected chi connectivity index (χ0v) is 11.4. The molecule has 2 rings (SSSR count). The number of carboxylic acid groups (broad SMARTS) is 1. The van der Waals surface area contributed by atoms with Crippen molar-refractivity contribution in [2.75, 3.05) is 18.0 Å². The molecule has 1 N–H and O–H groups in total. The van der Waals surface area contributed by atoms with Gasteiger partial charge < -0.3 is 10.0 Å². The third-order valence-corrected chi connectivity index (χ3v) is 3.46. The maximum Gasteiger partial charge on any atom is 0.337 e. The van der Waals surface area contributed by atoms with Crippen LogP contribution in [0.4, 0.5) is 11.5 Å². The molecule has 1 aromatic rings. The molecule has 1 aliphatic rings. The summed E-state index contributed by atoms with van der Waals surface area (Å²) < 4.78 is 0. The number of hydrogen-bond acceptors (Lipinski definition) is 5. The molecule has 1 aliphatic heterocycles. The normalized spacial score (nSPS) is 22.6. The Morgan fingerprint density at radius 2 is 2.05 bits per heavy atom. The largest absolute Gasteiger partial charge is 0.478 e. The van der Waals surface area contributed by atoms with Gasteiger partial charge in [0.2, 0.25) is 5.82 Å². The Kier molecular flexibility index (Phi) is 3.87. The summed E-state index contributed by atoms with van der Waals surface area (Å²) in [7, 11) is 0. The minimum Gasteiger partial charge on any atom is -0.478 e. The minimum atomic E-state index is -1.22. The Labute approximate surface area is 116 Å². The Hall–Kier alpha value is -2.18. The molecule has 108 valence electrons. The van der Waals surface area contributed by atoms with Gasteiger partial charge >= 0.3 is 11.7 Å². The molecule has 2 heterocycles. The molecule has 0 spiro atoms. The van der Waals surface area contributed by atoms with Gasteiger partial charge in [0.05, 0.1) is 10.5 Å². The lowest BCUT2D eigenvalue weighted by molar-refractivity contribution is -0.384. The van der Waals surface area contributed by atoms with Crippen molar-refractivity contribution in [3.8, 4) is 0 Å². The van der Waals surface area contributed by atoms with E-state index in [9.17, 15) is 14.9 Å². The molecular formula is C13H17N3O4. The van der Waals surface area contributed by atoms with Crippen molar-refractivity contribution in [1.29, 1.82) is 0 Å². The molecule has 0 bridgehead atoms. The number of hydrogen-bond donors (Lipinski definition) is 1. The lowest BCUT2D eigenvalue weighted by Gasteiger charge is -2.35. The highest BCUT2D eigenvalue weighted by Crippen LogP contribution is 2.31. The molecule has 0 aromatic carbocycles. The summed E-state index contributed by atoms with van der Waals surface area (Å²) >= 11 is 0. The van der Waals surface area contributed by atoms with E-state index in [2.05, 4.69) is 18.8 Å². The SMILES string of the molecule is CC1CC(C)CN(c2ncc(C(=O)O)cc2[N+](=O)[O-])C1. The van der Waals surface area contributed by atoms with Gasteiger partial charge in [0.25, 0.3) is 0 Å². The van der Waals surface area contributed by atoms with Crippen LogP contribution in [-0.2, 0) is 0 Å². The van der Waals surface area contributed by atoms with Crippen LogP contribution < -0.4 is 4.90 Å². The van der Waals surface area contributed by atoms with E-state index in [1.807, 2.05) is 4.90 Å². The number of piperidine rings is 1. The van der Waals surface area contributed by atoms with E-state index in [0.717, 1.165) is 12.5 Å². The van der Waals surface area contributed by atoms with Crippen LogP contribution in [0.1, 0.15) is 30.6 Å². The number of rotatable bonds is 3. The van der Waals surface area contributed by atoms with Gasteiger partial charge in [-0.2, -0.15) is 0 Å². The molecule has 7 heteroatoms. The third-order valence-electron chi connectivity index (χ3n) is 3.46. The summed E-state index contributed by atoms with van der Waals surface area (Å²) in [6.07, 6.45) is 2.26. The molecule has 0 aliphatic carbocycles. The van der Waals surface area contributed by atoms with E-state index >= 15 is 0 Å². The molecule has 0 radical (unpaired) electrons. The fraction of sp³-hybridized carbons (Fsp3) is 0.538. The van der Waals surface area contributed by atoms with Gasteiger partial charge in [0.15, 0.2) is 0 Å². The summed E-state index contributed by atoms with van der Waals surface area (Å²) in [5, 5.41) is 20.0. The monoisotopic (exact) mass is 279 g/mol. The van der Waals surface area contributed by atoms with Gasteiger partial charge in [-0.25, -0.2) is 9.78 Å². The second kappa shape index (κ2) is 5.44. The summed E-state index contributed by atoms with van der Waals surface area (Å²) in [5.74, 6) is -0.0930. The van der Waals surface area contributed by atoms with Crippen molar-refractivity contribution >= 4 is 17.5 Å². The smallest absolute Gasteiger partial charge is 0.337 e. The van der Waals surface area contributed by atoms with E-state index in [0.29, 0.717) is 24.9 Å². The average Bonchev–Trinajstić information content (AvgIpc) is 2.36. The van der Waals surface area contributed by atoms with E-state index in [1.165, 1.54) is 6.20 Å². The van der Waals surface area contributed by atoms with Crippen LogP contribution in [-0.4, -0.2) is 34.1 Å². The first-order valence-corrected chi connectivity index (χ1v) is 6.51. The molecule has 1 aromatic heterocycles. The van der Waals surface area contributed by atoms with Crippen molar-refractivity contribution in [1.82, 2.24) is 4.98 Å². The Morgan fingerprint density at radius 3 is 2.55 bits per heavy atom. The third kappa shape index (κ3) is 2.87. The van der Waals surface area contributed by atoms with E-state index in [4.69, 9.17) is 5.11 Å². The maximum absolute atomic E-state index is 11.1. The Bertz CT molecular complexity index is 536. The van der Waals surface area contributed by atoms with Crippen molar-refractivity contribution in [2.24, 2.45) is 11.8 Å². The van der Waals surface area contributed by atoms with E-state index < -0.39 is 10.9 Å². The predicted molar refractivity (Wildman–Crippen MR) is 73.0 cm³/mol. The molecule has 20 heavy (non-hydrogen) atoms. The molecular weight excluding hydrogens is 262 g/mol. The second-order valence-corrected chi connectivity index (χ2v) is 5.48. The highest BCUT2D eigenvalue weighted by atomic mass is 16.6. The number of anilines is 1. The number of nitrogens with zero attached hydrogens (tertiary/aromatic N) is 3. The number of aromatic nitrogens is 1. The van der Waals surface area contributed by atoms with Gasteiger partial charge in [-0.3, -0.25) is 10.1 Å². The van der Waals surface area contributed by atoms with Crippen LogP contribution in [0, 0.1) is 22.0 Å². The molecule has 2 unspecified atom stereocenters. The molecule has 0 saturated carbocycles. The number of nitro groups is 1. The van der Waals surface area contributed by atoms with Gasteiger partial charge in [-0.05, 0) is 18.3 Å². The van der Waals surface area contributed by atoms with Gasteiger partial charge in [0.1, 0.15) is 0 Å². The van der Waals surface area contributed by atoms with Crippen LogP contribution in [0.25, 0.3) is 0 Å². The van der Waals surface area contributed by atoms with Crippen molar-refractivity contribution in [3.05, 3.63) is 27.9 Å². The molecule has 7 nitrogen and oxygen atoms in total. The first kappa shape index (κ1) is 14.2. The second-order valence-electron chi connectivity index (χ2n) is 5.48. The number of pyridine rings is 1. The van der Waals surface area contributed by atoms with Crippen LogP contribution in [0.15, 0.2) is 12.3 Å². The standard InChI is InChI=1S/C13H17N3O4/c1-8-3-9(2)7-15(6-8)12-11(16(19)20)4-10(5-14-12)13(17)18/h4-5,8-9H,3,6-7H2,1-2H3,(H,17,18). The predicted octanol–water partition coefficient (Wildman–Crippen LogP) is 2.17. The zero-order chi connectivity index (χ0) is 14.9. The van der Waals surface area contributed by atoms with E-state index in [-0.39, 0.29) is 17.1 Å². The molecule has 1 saturated heterocycles. The summed E-state index contributed by atoms with van der Waals surface area (Å²) in [6, 6.07) is 1.08. The Morgan fingerprint density at radius 1 is 1.45 bits per heavy atom. The van der Waals surface area contributed by atoms with Crippen molar-refractivity contribution in [2.45, 2.75) is 20.3 Å². The van der Waals surface area contributed by atoms with Crippen LogP contribution in [0.5, 0.6) is 0 Å². The van der Waals surface area contributed by atoms with Crippen LogP contribution >= 0.6 is 0 Å². The van der Waals surface area contributed by atoms with Gasteiger partial charge in [-0.15, -0.1) is 0 Å². The highest BCUT2D eigenvalue weighted by Gasteiger charge is 2.29. The highest BCUT2D eigenvalue weighted by molar-refractivity contribution is 5.88. The summed E-state index contributed by atoms with van der Waals surface area (Å²) in [4.78, 5) is 27.4. The Balaban J connectivity index is 2.40. The zero-order valence-electron chi connectivity index (χ0n) is 11.4. The van der Waals surface area contributed by atoms with Gasteiger partial charge in [0, 0.05) is 25.4 Å². The number of carboxylic acids is 1. The lowest BCUT2D eigenvalue weighted by Crippen LogP contribution is -2.39. The lowest BCUT2D eigenvalue weighted by atomic mass is 9.92. The minimum absolute atomic E-state index is 0.168. The summed E-state index contributed by atoms with van der Waals surface area (Å²) in [6.45, 7) is 5.59. The molecule has 2 atom stereocenters. The van der Waals surface area contributed by atoms with Crippen LogP contribution in [0.3, 0.4) is 0 Å². The average molecular weight is 279 g/mol. The fourth-order valence-corrected chi connectivity index (χ4v) is 2.78. The molecule has 0 amide bonds. The first-order chi connectivity index (χ1) is 9.38. The van der Waals surface area contributed by atoms with Gasteiger partial charge in [-0.1, -0.05) is 13.8 Å². The fourth-order valence-electron chi connectivity index (χ4n) is 2.78. The quantitative estimate of drug-likeness (QED) is 0.672. The first-order valence-electron chi connectivity index (χ1n) is 6.51. The summed E-state index contributed by atoms with van der Waals surface area (Å²) in [5.41, 5.74) is -0.412. The van der Waals surface area contributed by atoms with Crippen molar-refractivity contribution in [3.63, 3.8) is 0 Å². The maximum atomic E-state index is 11.1.